The van der Waals surface area contributed by atoms with Crippen LogP contribution in [0.5, 0.6) is 0 Å². The maximum absolute atomic E-state index is 10.6. The summed E-state index contributed by atoms with van der Waals surface area (Å²) in [5.41, 5.74) is -0.545. The first kappa shape index (κ1) is 13.3. The quantitative estimate of drug-likeness (QED) is 0.612. The van der Waals surface area contributed by atoms with Gasteiger partial charge in [-0.3, -0.25) is 15.1 Å². The highest BCUT2D eigenvalue weighted by atomic mass is 35.5. The Kier molecular flexibility index (Phi) is 4.34. The lowest BCUT2D eigenvalue weighted by Gasteiger charge is -2.15. The number of nitro groups is 1. The standard InChI is InChI=1S/C9H8ClN3O4/c10-8-5(9(15)7(14)1-2-11)3-12-4-6(8)13(16)17/h3-4,7,9,14-15H,1H2. The Bertz CT molecular complexity index is 474. The zero-order valence-corrected chi connectivity index (χ0v) is 9.20. The van der Waals surface area contributed by atoms with Crippen molar-refractivity contribution in [2.24, 2.45) is 0 Å². The van der Waals surface area contributed by atoms with Crippen molar-refractivity contribution in [2.45, 2.75) is 18.6 Å². The molecule has 0 spiro atoms. The van der Waals surface area contributed by atoms with E-state index in [1.165, 1.54) is 0 Å². The molecule has 0 radical (unpaired) electrons. The number of rotatable bonds is 4. The molecular weight excluding hydrogens is 250 g/mol. The third-order valence-electron chi connectivity index (χ3n) is 2.07. The molecule has 1 aromatic rings. The average Bonchev–Trinajstić information content (AvgIpc) is 2.28. The van der Waals surface area contributed by atoms with Gasteiger partial charge in [-0.05, 0) is 0 Å². The maximum atomic E-state index is 10.6. The second kappa shape index (κ2) is 5.54. The molecule has 0 bridgehead atoms. The molecule has 7 nitrogen and oxygen atoms in total. The van der Waals surface area contributed by atoms with Crippen molar-refractivity contribution in [3.8, 4) is 6.07 Å². The van der Waals surface area contributed by atoms with Gasteiger partial charge in [-0.2, -0.15) is 5.26 Å². The highest BCUT2D eigenvalue weighted by Gasteiger charge is 2.25. The van der Waals surface area contributed by atoms with Crippen LogP contribution in [0.2, 0.25) is 5.02 Å². The van der Waals surface area contributed by atoms with E-state index < -0.39 is 22.8 Å². The SMILES string of the molecule is N#CCC(O)C(O)c1cncc([N+](=O)[O-])c1Cl. The number of pyridine rings is 1. The zero-order chi connectivity index (χ0) is 13.0. The number of aromatic nitrogens is 1. The van der Waals surface area contributed by atoms with Crippen molar-refractivity contribution in [3.05, 3.63) is 33.1 Å². The zero-order valence-electron chi connectivity index (χ0n) is 8.45. The number of aliphatic hydroxyl groups is 2. The molecule has 0 saturated heterocycles. The van der Waals surface area contributed by atoms with E-state index in [1.54, 1.807) is 6.07 Å². The van der Waals surface area contributed by atoms with Crippen LogP contribution in [-0.2, 0) is 0 Å². The Balaban J connectivity index is 3.11. The smallest absolute Gasteiger partial charge is 0.306 e. The van der Waals surface area contributed by atoms with Crippen LogP contribution in [0, 0.1) is 21.4 Å². The monoisotopic (exact) mass is 257 g/mol. The largest absolute Gasteiger partial charge is 0.389 e. The van der Waals surface area contributed by atoms with Crippen LogP contribution in [0.3, 0.4) is 0 Å². The van der Waals surface area contributed by atoms with Gasteiger partial charge in [0.15, 0.2) is 0 Å². The van der Waals surface area contributed by atoms with Gasteiger partial charge in [-0.1, -0.05) is 11.6 Å². The lowest BCUT2D eigenvalue weighted by atomic mass is 10.0. The Morgan fingerprint density at radius 3 is 2.76 bits per heavy atom. The van der Waals surface area contributed by atoms with Crippen LogP contribution in [-0.4, -0.2) is 26.2 Å². The Labute approximate surface area is 101 Å². The van der Waals surface area contributed by atoms with E-state index in [4.69, 9.17) is 16.9 Å². The molecule has 2 unspecified atom stereocenters. The van der Waals surface area contributed by atoms with Gasteiger partial charge in [0.1, 0.15) is 17.3 Å². The van der Waals surface area contributed by atoms with Gasteiger partial charge in [0.25, 0.3) is 0 Å². The number of nitriles is 1. The fraction of sp³-hybridized carbons (Fsp3) is 0.333. The van der Waals surface area contributed by atoms with Crippen LogP contribution in [0.1, 0.15) is 18.1 Å². The van der Waals surface area contributed by atoms with E-state index in [0.717, 1.165) is 12.4 Å². The van der Waals surface area contributed by atoms with Gasteiger partial charge in [0.05, 0.1) is 23.5 Å². The highest BCUT2D eigenvalue weighted by molar-refractivity contribution is 6.33. The number of aliphatic hydroxyl groups excluding tert-OH is 2. The molecule has 2 N–H and O–H groups in total. The van der Waals surface area contributed by atoms with Gasteiger partial charge in [0.2, 0.25) is 0 Å². The van der Waals surface area contributed by atoms with Gasteiger partial charge < -0.3 is 10.2 Å². The Hall–Kier alpha value is -1.75. The molecule has 0 aliphatic heterocycles. The first-order valence-corrected chi connectivity index (χ1v) is 4.87. The summed E-state index contributed by atoms with van der Waals surface area (Å²) in [4.78, 5) is 13.4. The topological polar surface area (TPSA) is 120 Å². The predicted octanol–water partition coefficient (Wildman–Crippen LogP) is 0.951. The van der Waals surface area contributed by atoms with E-state index >= 15 is 0 Å². The van der Waals surface area contributed by atoms with Crippen molar-refractivity contribution in [2.75, 3.05) is 0 Å². The van der Waals surface area contributed by atoms with Crippen molar-refractivity contribution in [1.29, 1.82) is 5.26 Å². The summed E-state index contributed by atoms with van der Waals surface area (Å²) in [7, 11) is 0. The molecule has 1 heterocycles. The lowest BCUT2D eigenvalue weighted by Crippen LogP contribution is -2.18. The first-order chi connectivity index (χ1) is 7.99. The molecule has 1 rings (SSSR count). The maximum Gasteiger partial charge on any atom is 0.306 e. The van der Waals surface area contributed by atoms with Gasteiger partial charge in [0, 0.05) is 11.8 Å². The molecule has 0 fully saturated rings. The number of nitrogens with zero attached hydrogens (tertiary/aromatic N) is 3. The van der Waals surface area contributed by atoms with E-state index in [1.807, 2.05) is 0 Å². The molecule has 0 amide bonds. The lowest BCUT2D eigenvalue weighted by molar-refractivity contribution is -0.385. The summed E-state index contributed by atoms with van der Waals surface area (Å²) in [6, 6.07) is 1.67. The summed E-state index contributed by atoms with van der Waals surface area (Å²) < 4.78 is 0. The summed E-state index contributed by atoms with van der Waals surface area (Å²) in [6.07, 6.45) is -1.13. The van der Waals surface area contributed by atoms with Crippen molar-refractivity contribution >= 4 is 17.3 Å². The van der Waals surface area contributed by atoms with E-state index in [0.29, 0.717) is 0 Å². The predicted molar refractivity (Wildman–Crippen MR) is 57.1 cm³/mol. The molecule has 0 aliphatic carbocycles. The van der Waals surface area contributed by atoms with E-state index in [2.05, 4.69) is 4.98 Å². The van der Waals surface area contributed by atoms with Gasteiger partial charge >= 0.3 is 5.69 Å². The first-order valence-electron chi connectivity index (χ1n) is 4.50. The third kappa shape index (κ3) is 2.88. The Morgan fingerprint density at radius 1 is 1.59 bits per heavy atom. The van der Waals surface area contributed by atoms with Crippen molar-refractivity contribution in [1.82, 2.24) is 4.98 Å². The minimum atomic E-state index is -1.49. The summed E-state index contributed by atoms with van der Waals surface area (Å²) in [5.74, 6) is 0. The van der Waals surface area contributed by atoms with E-state index in [-0.39, 0.29) is 17.0 Å². The molecule has 8 heteroatoms. The van der Waals surface area contributed by atoms with Crippen LogP contribution in [0.15, 0.2) is 12.4 Å². The molecule has 0 saturated carbocycles. The molecule has 0 aliphatic rings. The molecule has 2 atom stereocenters. The van der Waals surface area contributed by atoms with Crippen LogP contribution in [0.4, 0.5) is 5.69 Å². The van der Waals surface area contributed by atoms with Crippen LogP contribution < -0.4 is 0 Å². The molecule has 0 aromatic carbocycles. The minimum Gasteiger partial charge on any atom is -0.389 e. The fourth-order valence-electron chi connectivity index (χ4n) is 1.20. The molecular formula is C9H8ClN3O4. The van der Waals surface area contributed by atoms with Crippen molar-refractivity contribution in [3.63, 3.8) is 0 Å². The average molecular weight is 258 g/mol. The normalized spacial score (nSPS) is 13.8. The highest BCUT2D eigenvalue weighted by Crippen LogP contribution is 2.32. The summed E-state index contributed by atoms with van der Waals surface area (Å²) in [5, 5.41) is 37.7. The van der Waals surface area contributed by atoms with E-state index in [9.17, 15) is 20.3 Å². The third-order valence-corrected chi connectivity index (χ3v) is 2.48. The minimum absolute atomic E-state index is 0.0800. The van der Waals surface area contributed by atoms with Gasteiger partial charge in [-0.25, -0.2) is 0 Å². The summed E-state index contributed by atoms with van der Waals surface area (Å²) in [6.45, 7) is 0. The molecule has 1 aromatic heterocycles. The van der Waals surface area contributed by atoms with Crippen LogP contribution >= 0.6 is 11.6 Å². The van der Waals surface area contributed by atoms with Crippen molar-refractivity contribution < 1.29 is 15.1 Å². The molecule has 17 heavy (non-hydrogen) atoms. The summed E-state index contributed by atoms with van der Waals surface area (Å²) >= 11 is 5.71. The Morgan fingerprint density at radius 2 is 2.24 bits per heavy atom. The van der Waals surface area contributed by atoms with Gasteiger partial charge in [-0.15, -0.1) is 0 Å². The molecule has 90 valence electrons. The fourth-order valence-corrected chi connectivity index (χ4v) is 1.47. The number of hydrogen-bond donors (Lipinski definition) is 2. The second-order valence-electron chi connectivity index (χ2n) is 3.19. The number of halogens is 1. The second-order valence-corrected chi connectivity index (χ2v) is 3.57. The number of hydrogen-bond acceptors (Lipinski definition) is 6. The van der Waals surface area contributed by atoms with Crippen LogP contribution in [0.25, 0.3) is 0 Å².